The lowest BCUT2D eigenvalue weighted by Gasteiger charge is -2.03. The van der Waals surface area contributed by atoms with Gasteiger partial charge in [0.15, 0.2) is 17.3 Å². The van der Waals surface area contributed by atoms with Gasteiger partial charge < -0.3 is 14.4 Å². The first-order valence-electron chi connectivity index (χ1n) is 5.90. The molecule has 1 aliphatic carbocycles. The van der Waals surface area contributed by atoms with Crippen molar-refractivity contribution in [3.05, 3.63) is 24.0 Å². The Labute approximate surface area is 104 Å². The van der Waals surface area contributed by atoms with Crippen molar-refractivity contribution in [1.82, 2.24) is 10.1 Å². The number of benzene rings is 1. The molecule has 1 saturated carbocycles. The molecule has 1 fully saturated rings. The lowest BCUT2D eigenvalue weighted by molar-refractivity contribution is 0.373. The quantitative estimate of drug-likeness (QED) is 0.901. The number of aromatic hydroxyl groups is 1. The summed E-state index contributed by atoms with van der Waals surface area (Å²) < 4.78 is 10.2. The Kier molecular flexibility index (Phi) is 2.47. The fourth-order valence-corrected chi connectivity index (χ4v) is 2.01. The first-order valence-corrected chi connectivity index (χ1v) is 5.90. The Morgan fingerprint density at radius 1 is 1.44 bits per heavy atom. The molecule has 18 heavy (non-hydrogen) atoms. The minimum atomic E-state index is 0.0644. The van der Waals surface area contributed by atoms with Crippen molar-refractivity contribution in [2.75, 3.05) is 7.11 Å². The zero-order valence-electron chi connectivity index (χ0n) is 10.3. The van der Waals surface area contributed by atoms with E-state index in [1.54, 1.807) is 18.2 Å². The van der Waals surface area contributed by atoms with Gasteiger partial charge in [-0.2, -0.15) is 4.98 Å². The molecule has 0 radical (unpaired) electrons. The molecule has 1 aromatic heterocycles. The molecule has 1 heterocycles. The lowest BCUT2D eigenvalue weighted by atomic mass is 10.2. The number of phenols is 1. The maximum absolute atomic E-state index is 9.71. The highest BCUT2D eigenvalue weighted by Gasteiger charge is 2.38. The van der Waals surface area contributed by atoms with E-state index in [0.717, 1.165) is 12.2 Å². The number of hydrogen-bond donors (Lipinski definition) is 1. The van der Waals surface area contributed by atoms with Crippen molar-refractivity contribution in [3.63, 3.8) is 0 Å². The second kappa shape index (κ2) is 4.01. The van der Waals surface area contributed by atoms with Crippen LogP contribution in [0.4, 0.5) is 0 Å². The Morgan fingerprint density at radius 2 is 2.22 bits per heavy atom. The van der Waals surface area contributed by atoms with Gasteiger partial charge in [0.05, 0.1) is 7.11 Å². The highest BCUT2D eigenvalue weighted by Crippen LogP contribution is 2.45. The van der Waals surface area contributed by atoms with E-state index in [1.807, 2.05) is 0 Å². The van der Waals surface area contributed by atoms with Gasteiger partial charge >= 0.3 is 0 Å². The Hall–Kier alpha value is -2.04. The lowest BCUT2D eigenvalue weighted by Crippen LogP contribution is -1.86. The van der Waals surface area contributed by atoms with Crippen LogP contribution in [0, 0.1) is 5.92 Å². The monoisotopic (exact) mass is 246 g/mol. The van der Waals surface area contributed by atoms with Crippen LogP contribution in [0.2, 0.25) is 0 Å². The molecule has 5 heteroatoms. The summed E-state index contributed by atoms with van der Waals surface area (Å²) >= 11 is 0. The van der Waals surface area contributed by atoms with Crippen LogP contribution in [0.3, 0.4) is 0 Å². The van der Waals surface area contributed by atoms with Crippen molar-refractivity contribution >= 4 is 0 Å². The van der Waals surface area contributed by atoms with Crippen LogP contribution in [0.1, 0.15) is 25.1 Å². The van der Waals surface area contributed by atoms with Crippen molar-refractivity contribution in [1.29, 1.82) is 0 Å². The van der Waals surface area contributed by atoms with E-state index < -0.39 is 0 Å². The van der Waals surface area contributed by atoms with Crippen molar-refractivity contribution in [2.24, 2.45) is 5.92 Å². The standard InChI is InChI=1S/C13H14N2O3/c1-7-5-9(7)12-14-13(18-15-12)8-3-4-11(17-2)10(16)6-8/h3-4,6-7,9,16H,5H2,1-2H3. The fourth-order valence-electron chi connectivity index (χ4n) is 2.01. The average Bonchev–Trinajstić information content (AvgIpc) is 2.92. The highest BCUT2D eigenvalue weighted by atomic mass is 16.5. The number of rotatable bonds is 3. The molecule has 2 unspecified atom stereocenters. The maximum atomic E-state index is 9.71. The summed E-state index contributed by atoms with van der Waals surface area (Å²) in [5, 5.41) is 13.7. The third kappa shape index (κ3) is 1.81. The number of aromatic nitrogens is 2. The topological polar surface area (TPSA) is 68.4 Å². The molecule has 0 aliphatic heterocycles. The van der Waals surface area contributed by atoms with E-state index in [-0.39, 0.29) is 5.75 Å². The van der Waals surface area contributed by atoms with Crippen LogP contribution in [0.5, 0.6) is 11.5 Å². The molecule has 1 aromatic carbocycles. The Balaban J connectivity index is 1.90. The summed E-state index contributed by atoms with van der Waals surface area (Å²) in [7, 11) is 1.51. The van der Waals surface area contributed by atoms with Crippen LogP contribution < -0.4 is 4.74 Å². The van der Waals surface area contributed by atoms with Crippen molar-refractivity contribution in [3.8, 4) is 23.0 Å². The zero-order chi connectivity index (χ0) is 12.7. The molecule has 2 aromatic rings. The third-order valence-electron chi connectivity index (χ3n) is 3.31. The second-order valence-electron chi connectivity index (χ2n) is 4.66. The first-order chi connectivity index (χ1) is 8.69. The van der Waals surface area contributed by atoms with Crippen molar-refractivity contribution < 1.29 is 14.4 Å². The van der Waals surface area contributed by atoms with Gasteiger partial charge in [0, 0.05) is 11.5 Å². The van der Waals surface area contributed by atoms with E-state index in [4.69, 9.17) is 9.26 Å². The summed E-state index contributed by atoms with van der Waals surface area (Å²) in [5.74, 6) is 2.74. The molecule has 0 spiro atoms. The largest absolute Gasteiger partial charge is 0.504 e. The summed E-state index contributed by atoms with van der Waals surface area (Å²) in [6.07, 6.45) is 1.12. The smallest absolute Gasteiger partial charge is 0.258 e. The van der Waals surface area contributed by atoms with Gasteiger partial charge in [0.2, 0.25) is 0 Å². The molecule has 0 saturated heterocycles. The minimum absolute atomic E-state index is 0.0644. The minimum Gasteiger partial charge on any atom is -0.504 e. The van der Waals surface area contributed by atoms with Crippen LogP contribution >= 0.6 is 0 Å². The normalized spacial score (nSPS) is 21.9. The molecule has 0 amide bonds. The predicted octanol–water partition coefficient (Wildman–Crippen LogP) is 2.57. The number of hydrogen-bond acceptors (Lipinski definition) is 5. The third-order valence-corrected chi connectivity index (χ3v) is 3.31. The Bertz CT molecular complexity index is 579. The molecule has 1 N–H and O–H groups in total. The molecule has 3 rings (SSSR count). The van der Waals surface area contributed by atoms with E-state index in [2.05, 4.69) is 17.1 Å². The SMILES string of the molecule is COc1ccc(-c2nc(C3CC3C)no2)cc1O. The maximum Gasteiger partial charge on any atom is 0.258 e. The summed E-state index contributed by atoms with van der Waals surface area (Å²) in [6, 6.07) is 5.02. The average molecular weight is 246 g/mol. The molecule has 1 aliphatic rings. The van der Waals surface area contributed by atoms with E-state index >= 15 is 0 Å². The van der Waals surface area contributed by atoms with Gasteiger partial charge in [-0.15, -0.1) is 0 Å². The number of methoxy groups -OCH3 is 1. The fraction of sp³-hybridized carbons (Fsp3) is 0.385. The molecular formula is C13H14N2O3. The second-order valence-corrected chi connectivity index (χ2v) is 4.66. The van der Waals surface area contributed by atoms with Gasteiger partial charge in [0.25, 0.3) is 5.89 Å². The number of nitrogens with zero attached hydrogens (tertiary/aromatic N) is 2. The van der Waals surface area contributed by atoms with Gasteiger partial charge in [-0.3, -0.25) is 0 Å². The first kappa shape index (κ1) is 11.1. The zero-order valence-corrected chi connectivity index (χ0v) is 10.3. The molecule has 2 atom stereocenters. The van der Waals surface area contributed by atoms with Gasteiger partial charge in [-0.05, 0) is 30.5 Å². The van der Waals surface area contributed by atoms with E-state index in [0.29, 0.717) is 29.0 Å². The summed E-state index contributed by atoms with van der Waals surface area (Å²) in [6.45, 7) is 2.17. The Morgan fingerprint density at radius 3 is 2.83 bits per heavy atom. The van der Waals surface area contributed by atoms with E-state index in [1.165, 1.54) is 7.11 Å². The van der Waals surface area contributed by atoms with Crippen LogP contribution in [-0.4, -0.2) is 22.4 Å². The number of phenolic OH excluding ortho intramolecular Hbond substituents is 1. The highest BCUT2D eigenvalue weighted by molar-refractivity contribution is 5.59. The van der Waals surface area contributed by atoms with E-state index in [9.17, 15) is 5.11 Å². The molecule has 94 valence electrons. The van der Waals surface area contributed by atoms with Gasteiger partial charge in [-0.25, -0.2) is 0 Å². The van der Waals surface area contributed by atoms with Crippen LogP contribution in [-0.2, 0) is 0 Å². The van der Waals surface area contributed by atoms with Gasteiger partial charge in [-0.1, -0.05) is 12.1 Å². The number of ether oxygens (including phenoxy) is 1. The van der Waals surface area contributed by atoms with Crippen LogP contribution in [0.15, 0.2) is 22.7 Å². The summed E-state index contributed by atoms with van der Waals surface area (Å²) in [5.41, 5.74) is 0.695. The predicted molar refractivity (Wildman–Crippen MR) is 64.5 cm³/mol. The molecule has 5 nitrogen and oxygen atoms in total. The van der Waals surface area contributed by atoms with Crippen molar-refractivity contribution in [2.45, 2.75) is 19.3 Å². The molecule has 0 bridgehead atoms. The molecular weight excluding hydrogens is 232 g/mol. The van der Waals surface area contributed by atoms with Crippen LogP contribution in [0.25, 0.3) is 11.5 Å². The summed E-state index contributed by atoms with van der Waals surface area (Å²) in [4.78, 5) is 4.36. The van der Waals surface area contributed by atoms with Gasteiger partial charge in [0.1, 0.15) is 0 Å².